The molecule has 0 spiro atoms. The van der Waals surface area contributed by atoms with Crippen molar-refractivity contribution in [3.05, 3.63) is 53.6 Å². The molecule has 0 aliphatic carbocycles. The summed E-state index contributed by atoms with van der Waals surface area (Å²) in [6.07, 6.45) is 0. The van der Waals surface area contributed by atoms with Gasteiger partial charge in [0.25, 0.3) is 5.91 Å². The van der Waals surface area contributed by atoms with Crippen LogP contribution in [0.25, 0.3) is 0 Å². The Balaban J connectivity index is 2.01. The van der Waals surface area contributed by atoms with E-state index in [-0.39, 0.29) is 12.5 Å². The van der Waals surface area contributed by atoms with E-state index in [1.165, 1.54) is 20.3 Å². The van der Waals surface area contributed by atoms with Crippen LogP contribution < -0.4 is 14.2 Å². The summed E-state index contributed by atoms with van der Waals surface area (Å²) in [4.78, 5) is 25.5. The second kappa shape index (κ2) is 9.47. The van der Waals surface area contributed by atoms with Crippen LogP contribution in [-0.4, -0.2) is 51.8 Å². The molecule has 0 unspecified atom stereocenters. The zero-order valence-electron chi connectivity index (χ0n) is 15.9. The Kier molecular flexibility index (Phi) is 7.05. The van der Waals surface area contributed by atoms with Gasteiger partial charge in [-0.05, 0) is 24.3 Å². The highest BCUT2D eigenvalue weighted by Crippen LogP contribution is 2.28. The fourth-order valence-corrected chi connectivity index (χ4v) is 2.46. The number of carbonyl (C=O) groups excluding carboxylic acids is 2. The molecule has 0 heterocycles. The molecule has 27 heavy (non-hydrogen) atoms. The minimum Gasteiger partial charge on any atom is -0.496 e. The number of carbonyl (C=O) groups is 2. The average molecular weight is 373 g/mol. The predicted octanol–water partition coefficient (Wildman–Crippen LogP) is 2.53. The van der Waals surface area contributed by atoms with Gasteiger partial charge in [0.2, 0.25) is 0 Å². The Hall–Kier alpha value is -3.22. The second-order valence-corrected chi connectivity index (χ2v) is 5.71. The first-order valence-electron chi connectivity index (χ1n) is 8.25. The number of benzene rings is 2. The molecule has 0 aliphatic heterocycles. The van der Waals surface area contributed by atoms with Crippen LogP contribution in [0.5, 0.6) is 17.2 Å². The lowest BCUT2D eigenvalue weighted by molar-refractivity contribution is -0.132. The van der Waals surface area contributed by atoms with E-state index in [2.05, 4.69) is 4.74 Å². The van der Waals surface area contributed by atoms with E-state index >= 15 is 0 Å². The van der Waals surface area contributed by atoms with E-state index in [1.54, 1.807) is 31.2 Å². The molecule has 0 atom stereocenters. The fraction of sp³-hybridized carbons (Fsp3) is 0.300. The quantitative estimate of drug-likeness (QED) is 0.662. The number of ether oxygens (including phenoxy) is 4. The Labute approximate surface area is 158 Å². The Bertz CT molecular complexity index is 805. The van der Waals surface area contributed by atoms with Gasteiger partial charge in [0.1, 0.15) is 5.75 Å². The number of likely N-dealkylation sites (N-methyl/N-ethyl adjacent to an activating group) is 1. The summed E-state index contributed by atoms with van der Waals surface area (Å²) in [5.41, 5.74) is 1.23. The number of para-hydroxylation sites is 1. The topological polar surface area (TPSA) is 74.3 Å². The van der Waals surface area contributed by atoms with Crippen molar-refractivity contribution in [1.29, 1.82) is 0 Å². The van der Waals surface area contributed by atoms with Crippen LogP contribution in [0.15, 0.2) is 42.5 Å². The minimum atomic E-state index is -0.479. The van der Waals surface area contributed by atoms with Crippen LogP contribution in [0, 0.1) is 0 Å². The molecule has 0 saturated heterocycles. The van der Waals surface area contributed by atoms with Gasteiger partial charge in [0, 0.05) is 19.2 Å². The first-order valence-corrected chi connectivity index (χ1v) is 8.25. The van der Waals surface area contributed by atoms with Crippen molar-refractivity contribution in [3.8, 4) is 17.2 Å². The molecule has 2 aromatic carbocycles. The summed E-state index contributed by atoms with van der Waals surface area (Å²) >= 11 is 0. The molecule has 7 heteroatoms. The number of amides is 1. The Morgan fingerprint density at radius 3 is 2.30 bits per heavy atom. The molecule has 1 amide bonds. The van der Waals surface area contributed by atoms with Gasteiger partial charge >= 0.3 is 5.97 Å². The molecule has 0 bridgehead atoms. The van der Waals surface area contributed by atoms with Gasteiger partial charge in [-0.1, -0.05) is 18.2 Å². The van der Waals surface area contributed by atoms with Gasteiger partial charge in [-0.3, -0.25) is 4.79 Å². The summed E-state index contributed by atoms with van der Waals surface area (Å²) in [5, 5.41) is 0. The molecular weight excluding hydrogens is 350 g/mol. The van der Waals surface area contributed by atoms with Crippen molar-refractivity contribution in [2.45, 2.75) is 6.54 Å². The van der Waals surface area contributed by atoms with Gasteiger partial charge in [-0.15, -0.1) is 0 Å². The molecule has 0 aromatic heterocycles. The second-order valence-electron chi connectivity index (χ2n) is 5.71. The number of hydrogen-bond acceptors (Lipinski definition) is 6. The first-order chi connectivity index (χ1) is 13.0. The van der Waals surface area contributed by atoms with Crippen LogP contribution in [-0.2, 0) is 16.1 Å². The molecular formula is C20H23NO6. The Morgan fingerprint density at radius 1 is 0.926 bits per heavy atom. The predicted molar refractivity (Wildman–Crippen MR) is 99.3 cm³/mol. The Morgan fingerprint density at radius 2 is 1.63 bits per heavy atom. The van der Waals surface area contributed by atoms with Crippen LogP contribution in [0.3, 0.4) is 0 Å². The molecule has 2 aromatic rings. The first kappa shape index (κ1) is 20.1. The third-order valence-corrected chi connectivity index (χ3v) is 3.96. The van der Waals surface area contributed by atoms with Crippen molar-refractivity contribution >= 4 is 11.9 Å². The van der Waals surface area contributed by atoms with E-state index in [0.29, 0.717) is 23.6 Å². The molecule has 7 nitrogen and oxygen atoms in total. The van der Waals surface area contributed by atoms with Gasteiger partial charge in [-0.25, -0.2) is 4.79 Å². The average Bonchev–Trinajstić information content (AvgIpc) is 2.71. The number of esters is 1. The number of hydrogen-bond donors (Lipinski definition) is 0. The van der Waals surface area contributed by atoms with Crippen LogP contribution in [0.4, 0.5) is 0 Å². The van der Waals surface area contributed by atoms with Crippen molar-refractivity contribution in [3.63, 3.8) is 0 Å². The van der Waals surface area contributed by atoms with Crippen LogP contribution in [0.2, 0.25) is 0 Å². The monoisotopic (exact) mass is 373 g/mol. The van der Waals surface area contributed by atoms with Crippen LogP contribution in [0.1, 0.15) is 15.9 Å². The van der Waals surface area contributed by atoms with E-state index in [1.807, 2.05) is 24.3 Å². The number of nitrogens with zero attached hydrogens (tertiary/aromatic N) is 1. The molecule has 0 fully saturated rings. The smallest absolute Gasteiger partial charge is 0.337 e. The SMILES string of the molecule is COC(=O)c1ccc(OCC(=O)N(C)Cc2ccccc2OC)c(OC)c1. The molecule has 0 saturated carbocycles. The highest BCUT2D eigenvalue weighted by molar-refractivity contribution is 5.90. The zero-order valence-corrected chi connectivity index (χ0v) is 15.9. The standard InChI is InChI=1S/C20H23NO6/c1-21(12-15-7-5-6-8-16(15)24-2)19(22)13-27-17-10-9-14(20(23)26-4)11-18(17)25-3/h5-11H,12-13H2,1-4H3. The zero-order chi connectivity index (χ0) is 19.8. The third-order valence-electron chi connectivity index (χ3n) is 3.96. The van der Waals surface area contributed by atoms with E-state index < -0.39 is 5.97 Å². The van der Waals surface area contributed by atoms with Gasteiger partial charge in [0.15, 0.2) is 18.1 Å². The van der Waals surface area contributed by atoms with Crippen molar-refractivity contribution in [2.24, 2.45) is 0 Å². The lowest BCUT2D eigenvalue weighted by Gasteiger charge is -2.19. The van der Waals surface area contributed by atoms with Crippen LogP contribution >= 0.6 is 0 Å². The summed E-state index contributed by atoms with van der Waals surface area (Å²) in [5.74, 6) is 0.743. The van der Waals surface area contributed by atoms with E-state index in [4.69, 9.17) is 14.2 Å². The molecule has 2 rings (SSSR count). The maximum atomic E-state index is 12.4. The number of methoxy groups -OCH3 is 3. The van der Waals surface area contributed by atoms with Crippen molar-refractivity contribution in [1.82, 2.24) is 4.90 Å². The third kappa shape index (κ3) is 5.13. The van der Waals surface area contributed by atoms with Crippen molar-refractivity contribution < 1.29 is 28.5 Å². The van der Waals surface area contributed by atoms with Gasteiger partial charge in [0.05, 0.1) is 26.9 Å². The molecule has 0 aliphatic rings. The summed E-state index contributed by atoms with van der Waals surface area (Å²) < 4.78 is 20.8. The summed E-state index contributed by atoms with van der Waals surface area (Å²) in [6.45, 7) is 0.226. The highest BCUT2D eigenvalue weighted by atomic mass is 16.5. The van der Waals surface area contributed by atoms with E-state index in [0.717, 1.165) is 11.3 Å². The molecule has 0 radical (unpaired) electrons. The summed E-state index contributed by atoms with van der Waals surface area (Å²) in [7, 11) is 6.04. The lowest BCUT2D eigenvalue weighted by atomic mass is 10.2. The highest BCUT2D eigenvalue weighted by Gasteiger charge is 2.15. The minimum absolute atomic E-state index is 0.167. The van der Waals surface area contributed by atoms with Crippen molar-refractivity contribution in [2.75, 3.05) is 35.0 Å². The normalized spacial score (nSPS) is 10.1. The van der Waals surface area contributed by atoms with E-state index in [9.17, 15) is 9.59 Å². The van der Waals surface area contributed by atoms with Gasteiger partial charge in [-0.2, -0.15) is 0 Å². The fourth-order valence-electron chi connectivity index (χ4n) is 2.46. The molecule has 144 valence electrons. The number of rotatable bonds is 8. The maximum absolute atomic E-state index is 12.4. The summed E-state index contributed by atoms with van der Waals surface area (Å²) in [6, 6.07) is 12.1. The maximum Gasteiger partial charge on any atom is 0.337 e. The van der Waals surface area contributed by atoms with Gasteiger partial charge < -0.3 is 23.8 Å². The lowest BCUT2D eigenvalue weighted by Crippen LogP contribution is -2.31. The molecule has 0 N–H and O–H groups in total. The largest absolute Gasteiger partial charge is 0.496 e.